The third kappa shape index (κ3) is 2.78. The van der Waals surface area contributed by atoms with Crippen LogP contribution in [0.1, 0.15) is 34.1 Å². The summed E-state index contributed by atoms with van der Waals surface area (Å²) in [5, 5.41) is 3.51. The molecule has 0 amide bonds. The molecule has 1 unspecified atom stereocenters. The van der Waals surface area contributed by atoms with Crippen LogP contribution in [0.5, 0.6) is 0 Å². The molecule has 2 fully saturated rings. The third-order valence-corrected chi connectivity index (χ3v) is 4.67. The highest BCUT2D eigenvalue weighted by Crippen LogP contribution is 2.34. The monoisotopic (exact) mass is 224 g/mol. The first kappa shape index (κ1) is 12.4. The van der Waals surface area contributed by atoms with E-state index in [9.17, 15) is 0 Å². The molecule has 0 aromatic carbocycles. The molecule has 2 saturated heterocycles. The molecule has 0 spiro atoms. The Bertz CT molecular complexity index is 231. The van der Waals surface area contributed by atoms with Crippen LogP contribution in [0.3, 0.4) is 0 Å². The lowest BCUT2D eigenvalue weighted by Gasteiger charge is -2.28. The van der Waals surface area contributed by atoms with Crippen molar-refractivity contribution in [3.63, 3.8) is 0 Å². The molecule has 2 nitrogen and oxygen atoms in total. The second kappa shape index (κ2) is 4.66. The highest BCUT2D eigenvalue weighted by molar-refractivity contribution is 4.87. The maximum Gasteiger partial charge on any atom is 0.00249 e. The van der Waals surface area contributed by atoms with Gasteiger partial charge in [0.2, 0.25) is 0 Å². The van der Waals surface area contributed by atoms with Crippen molar-refractivity contribution in [3.8, 4) is 0 Å². The molecule has 16 heavy (non-hydrogen) atoms. The summed E-state index contributed by atoms with van der Waals surface area (Å²) in [7, 11) is 0. The zero-order valence-electron chi connectivity index (χ0n) is 11.4. The first-order valence-corrected chi connectivity index (χ1v) is 6.90. The molecule has 0 aromatic rings. The van der Waals surface area contributed by atoms with Crippen LogP contribution in [0.4, 0.5) is 0 Å². The number of hydrogen-bond acceptors (Lipinski definition) is 2. The lowest BCUT2D eigenvalue weighted by molar-refractivity contribution is 0.208. The molecular formula is C14H28N2. The Morgan fingerprint density at radius 3 is 2.50 bits per heavy atom. The van der Waals surface area contributed by atoms with Crippen molar-refractivity contribution in [2.45, 2.75) is 34.1 Å². The molecule has 0 radical (unpaired) electrons. The van der Waals surface area contributed by atoms with Crippen LogP contribution in [0.15, 0.2) is 0 Å². The van der Waals surface area contributed by atoms with E-state index in [2.05, 4.69) is 37.9 Å². The fraction of sp³-hybridized carbons (Fsp3) is 1.00. The van der Waals surface area contributed by atoms with Gasteiger partial charge in [-0.3, -0.25) is 0 Å². The summed E-state index contributed by atoms with van der Waals surface area (Å²) < 4.78 is 0. The van der Waals surface area contributed by atoms with Crippen molar-refractivity contribution in [3.05, 3.63) is 0 Å². The summed E-state index contributed by atoms with van der Waals surface area (Å²) in [4.78, 5) is 2.70. The van der Waals surface area contributed by atoms with Crippen LogP contribution in [-0.2, 0) is 0 Å². The molecule has 94 valence electrons. The van der Waals surface area contributed by atoms with Crippen molar-refractivity contribution in [1.82, 2.24) is 10.2 Å². The second-order valence-electron chi connectivity index (χ2n) is 7.01. The molecule has 2 rings (SSSR count). The Morgan fingerprint density at radius 2 is 2.00 bits per heavy atom. The molecule has 2 aliphatic rings. The van der Waals surface area contributed by atoms with E-state index in [0.717, 1.165) is 17.8 Å². The summed E-state index contributed by atoms with van der Waals surface area (Å²) in [6.07, 6.45) is 1.40. The number of nitrogens with one attached hydrogen (secondary N) is 1. The van der Waals surface area contributed by atoms with Crippen LogP contribution in [0.25, 0.3) is 0 Å². The molecule has 2 heteroatoms. The maximum atomic E-state index is 3.51. The van der Waals surface area contributed by atoms with Crippen molar-refractivity contribution in [2.24, 2.45) is 23.2 Å². The van der Waals surface area contributed by atoms with E-state index in [1.54, 1.807) is 0 Å². The predicted molar refractivity (Wildman–Crippen MR) is 69.5 cm³/mol. The molecule has 0 saturated carbocycles. The van der Waals surface area contributed by atoms with Gasteiger partial charge in [0.1, 0.15) is 0 Å². The molecule has 0 bridgehead atoms. The lowest BCUT2D eigenvalue weighted by Crippen LogP contribution is -2.32. The quantitative estimate of drug-likeness (QED) is 0.773. The van der Waals surface area contributed by atoms with Crippen LogP contribution in [0.2, 0.25) is 0 Å². The summed E-state index contributed by atoms with van der Waals surface area (Å²) in [6, 6.07) is 0. The lowest BCUT2D eigenvalue weighted by atomic mass is 9.80. The van der Waals surface area contributed by atoms with E-state index >= 15 is 0 Å². The smallest absolute Gasteiger partial charge is 0.00249 e. The molecular weight excluding hydrogens is 196 g/mol. The minimum atomic E-state index is 0.494. The Hall–Kier alpha value is -0.0800. The fourth-order valence-corrected chi connectivity index (χ4v) is 3.15. The van der Waals surface area contributed by atoms with Crippen molar-refractivity contribution >= 4 is 0 Å². The van der Waals surface area contributed by atoms with Gasteiger partial charge in [0, 0.05) is 13.1 Å². The predicted octanol–water partition coefficient (Wildman–Crippen LogP) is 2.21. The number of likely N-dealkylation sites (tertiary alicyclic amines) is 1. The number of hydrogen-bond donors (Lipinski definition) is 1. The second-order valence-corrected chi connectivity index (χ2v) is 7.01. The Morgan fingerprint density at radius 1 is 1.25 bits per heavy atom. The van der Waals surface area contributed by atoms with Crippen LogP contribution >= 0.6 is 0 Å². The van der Waals surface area contributed by atoms with Gasteiger partial charge in [-0.2, -0.15) is 0 Å². The standard InChI is InChI=1S/C14H28N2/c1-11-7-15-8-12(11)9-16-6-5-13(10-16)14(2,3)4/h11-13,15H,5-10H2,1-4H3/t11-,12+,13?/m1/s1. The molecule has 1 N–H and O–H groups in total. The van der Waals surface area contributed by atoms with E-state index in [4.69, 9.17) is 0 Å². The fourth-order valence-electron chi connectivity index (χ4n) is 3.15. The first-order valence-electron chi connectivity index (χ1n) is 6.90. The summed E-state index contributed by atoms with van der Waals surface area (Å²) in [5.41, 5.74) is 0.494. The van der Waals surface area contributed by atoms with Gasteiger partial charge >= 0.3 is 0 Å². The highest BCUT2D eigenvalue weighted by atomic mass is 15.2. The first-order chi connectivity index (χ1) is 7.47. The minimum Gasteiger partial charge on any atom is -0.316 e. The minimum absolute atomic E-state index is 0.494. The van der Waals surface area contributed by atoms with E-state index in [-0.39, 0.29) is 0 Å². The average molecular weight is 224 g/mol. The summed E-state index contributed by atoms with van der Waals surface area (Å²) >= 11 is 0. The summed E-state index contributed by atoms with van der Waals surface area (Å²) in [6.45, 7) is 16.0. The van der Waals surface area contributed by atoms with Gasteiger partial charge in [0.05, 0.1) is 0 Å². The Balaban J connectivity index is 1.81. The van der Waals surface area contributed by atoms with Gasteiger partial charge in [0.15, 0.2) is 0 Å². The maximum absolute atomic E-state index is 3.51. The zero-order valence-corrected chi connectivity index (χ0v) is 11.4. The molecule has 3 atom stereocenters. The van der Waals surface area contributed by atoms with Gasteiger partial charge in [-0.25, -0.2) is 0 Å². The van der Waals surface area contributed by atoms with Gasteiger partial charge in [-0.1, -0.05) is 27.7 Å². The largest absolute Gasteiger partial charge is 0.316 e. The van der Waals surface area contributed by atoms with Gasteiger partial charge in [-0.05, 0) is 49.2 Å². The molecule has 2 aliphatic heterocycles. The van der Waals surface area contributed by atoms with Crippen molar-refractivity contribution in [1.29, 1.82) is 0 Å². The Kier molecular flexibility index (Phi) is 3.60. The van der Waals surface area contributed by atoms with Gasteiger partial charge in [0.25, 0.3) is 0 Å². The average Bonchev–Trinajstić information content (AvgIpc) is 2.76. The SMILES string of the molecule is C[C@@H]1CNC[C@H]1CN1CCC(C(C)(C)C)C1. The zero-order chi connectivity index (χ0) is 11.8. The summed E-state index contributed by atoms with van der Waals surface area (Å²) in [5.74, 6) is 2.66. The normalized spacial score (nSPS) is 37.1. The van der Waals surface area contributed by atoms with Crippen LogP contribution in [0, 0.1) is 23.2 Å². The molecule has 0 aliphatic carbocycles. The molecule has 2 heterocycles. The van der Waals surface area contributed by atoms with Crippen LogP contribution < -0.4 is 5.32 Å². The van der Waals surface area contributed by atoms with Gasteiger partial charge in [-0.15, -0.1) is 0 Å². The third-order valence-electron chi connectivity index (χ3n) is 4.67. The number of nitrogens with zero attached hydrogens (tertiary/aromatic N) is 1. The van der Waals surface area contributed by atoms with E-state index < -0.39 is 0 Å². The Labute approximate surface area is 101 Å². The van der Waals surface area contributed by atoms with Gasteiger partial charge < -0.3 is 10.2 Å². The van der Waals surface area contributed by atoms with Crippen LogP contribution in [-0.4, -0.2) is 37.6 Å². The van der Waals surface area contributed by atoms with E-state index in [0.29, 0.717) is 5.41 Å². The van der Waals surface area contributed by atoms with Crippen molar-refractivity contribution < 1.29 is 0 Å². The topological polar surface area (TPSA) is 15.3 Å². The number of rotatable bonds is 2. The van der Waals surface area contributed by atoms with E-state index in [1.807, 2.05) is 0 Å². The van der Waals surface area contributed by atoms with Crippen molar-refractivity contribution in [2.75, 3.05) is 32.7 Å². The molecule has 0 aromatic heterocycles. The van der Waals surface area contributed by atoms with E-state index in [1.165, 1.54) is 39.1 Å². The highest BCUT2D eigenvalue weighted by Gasteiger charge is 2.34.